The van der Waals surface area contributed by atoms with E-state index in [1.165, 1.54) is 18.2 Å². The molecule has 4 rings (SSSR count). The SMILES string of the molecule is O=C(NC(c1cccc(C(F)(F)F)c1)C12CCCC(CN1)C2)c1cccc(C(F)(F)F)c1Cl. The van der Waals surface area contributed by atoms with Gasteiger partial charge in [-0.2, -0.15) is 26.3 Å². The minimum absolute atomic E-state index is 0.233. The Morgan fingerprint density at radius 3 is 2.52 bits per heavy atom. The lowest BCUT2D eigenvalue weighted by atomic mass is 9.73. The number of amides is 1. The minimum Gasteiger partial charge on any atom is -0.343 e. The second kappa shape index (κ2) is 8.51. The van der Waals surface area contributed by atoms with E-state index >= 15 is 0 Å². The first-order valence-electron chi connectivity index (χ1n) is 10.5. The summed E-state index contributed by atoms with van der Waals surface area (Å²) in [6.45, 7) is 0.662. The summed E-state index contributed by atoms with van der Waals surface area (Å²) < 4.78 is 79.9. The third-order valence-corrected chi connectivity index (χ3v) is 6.96. The number of hydrogen-bond donors (Lipinski definition) is 2. The summed E-state index contributed by atoms with van der Waals surface area (Å²) in [6.07, 6.45) is -6.28. The van der Waals surface area contributed by atoms with Crippen molar-refractivity contribution in [2.24, 2.45) is 5.92 Å². The van der Waals surface area contributed by atoms with E-state index in [9.17, 15) is 31.1 Å². The summed E-state index contributed by atoms with van der Waals surface area (Å²) in [5.41, 5.74) is -2.86. The number of rotatable bonds is 4. The highest BCUT2D eigenvalue weighted by Crippen LogP contribution is 2.46. The molecule has 0 radical (unpaired) electrons. The van der Waals surface area contributed by atoms with Gasteiger partial charge in [-0.25, -0.2) is 0 Å². The van der Waals surface area contributed by atoms with Crippen LogP contribution in [0.4, 0.5) is 26.3 Å². The van der Waals surface area contributed by atoms with E-state index in [0.29, 0.717) is 25.3 Å². The first kappa shape index (κ1) is 23.9. The molecule has 10 heteroatoms. The molecule has 2 aliphatic rings. The molecule has 2 fully saturated rings. The van der Waals surface area contributed by atoms with Crippen LogP contribution in [-0.4, -0.2) is 18.0 Å². The molecule has 3 nitrogen and oxygen atoms in total. The molecule has 3 atom stereocenters. The number of fused-ring (bicyclic) bond motifs is 2. The van der Waals surface area contributed by atoms with Gasteiger partial charge in [0.1, 0.15) is 0 Å². The number of nitrogens with one attached hydrogen (secondary N) is 2. The Bertz CT molecular complexity index is 1050. The lowest BCUT2D eigenvalue weighted by Crippen LogP contribution is -2.52. The van der Waals surface area contributed by atoms with Crippen molar-refractivity contribution in [2.75, 3.05) is 6.54 Å². The first-order chi connectivity index (χ1) is 15.4. The van der Waals surface area contributed by atoms with Gasteiger partial charge in [0, 0.05) is 5.54 Å². The fraction of sp³-hybridized carbons (Fsp3) is 0.435. The van der Waals surface area contributed by atoms with E-state index in [4.69, 9.17) is 11.6 Å². The zero-order valence-electron chi connectivity index (χ0n) is 17.3. The van der Waals surface area contributed by atoms with E-state index in [1.807, 2.05) is 0 Å². The number of hydrogen-bond acceptors (Lipinski definition) is 2. The molecule has 1 heterocycles. The van der Waals surface area contributed by atoms with Gasteiger partial charge in [-0.3, -0.25) is 4.79 Å². The van der Waals surface area contributed by atoms with Gasteiger partial charge in [0.2, 0.25) is 0 Å². The van der Waals surface area contributed by atoms with Crippen LogP contribution in [0.25, 0.3) is 0 Å². The molecule has 2 aromatic carbocycles. The molecule has 1 saturated heterocycles. The molecule has 178 valence electrons. The summed E-state index contributed by atoms with van der Waals surface area (Å²) in [4.78, 5) is 13.1. The topological polar surface area (TPSA) is 41.1 Å². The smallest absolute Gasteiger partial charge is 0.343 e. The Morgan fingerprint density at radius 2 is 1.82 bits per heavy atom. The summed E-state index contributed by atoms with van der Waals surface area (Å²) >= 11 is 5.92. The number of benzene rings is 2. The Morgan fingerprint density at radius 1 is 1.09 bits per heavy atom. The van der Waals surface area contributed by atoms with Crippen LogP contribution in [0.1, 0.15) is 58.8 Å². The first-order valence-corrected chi connectivity index (χ1v) is 10.9. The van der Waals surface area contributed by atoms with Crippen molar-refractivity contribution in [3.8, 4) is 0 Å². The van der Waals surface area contributed by atoms with E-state index in [0.717, 1.165) is 37.1 Å². The van der Waals surface area contributed by atoms with Gasteiger partial charge in [0.15, 0.2) is 0 Å². The number of carbonyl (C=O) groups excluding carboxylic acids is 1. The summed E-state index contributed by atoms with van der Waals surface area (Å²) in [7, 11) is 0. The predicted molar refractivity (Wildman–Crippen MR) is 111 cm³/mol. The summed E-state index contributed by atoms with van der Waals surface area (Å²) in [6, 6.07) is 6.81. The fourth-order valence-corrected chi connectivity index (χ4v) is 5.36. The average molecular weight is 491 g/mol. The molecule has 1 aliphatic carbocycles. The third kappa shape index (κ3) is 4.71. The normalized spacial score (nSPS) is 23.9. The second-order valence-electron chi connectivity index (χ2n) is 8.69. The van der Waals surface area contributed by atoms with Crippen LogP contribution in [0, 0.1) is 5.92 Å². The van der Waals surface area contributed by atoms with Gasteiger partial charge in [0.25, 0.3) is 5.91 Å². The molecular weight excluding hydrogens is 470 g/mol. The largest absolute Gasteiger partial charge is 0.417 e. The van der Waals surface area contributed by atoms with Crippen molar-refractivity contribution in [1.82, 2.24) is 10.6 Å². The van der Waals surface area contributed by atoms with E-state index in [1.54, 1.807) is 0 Å². The van der Waals surface area contributed by atoms with Gasteiger partial charge < -0.3 is 10.6 Å². The van der Waals surface area contributed by atoms with Crippen LogP contribution in [-0.2, 0) is 12.4 Å². The number of alkyl halides is 6. The molecule has 1 saturated carbocycles. The van der Waals surface area contributed by atoms with E-state index < -0.39 is 46.0 Å². The maximum Gasteiger partial charge on any atom is 0.417 e. The van der Waals surface area contributed by atoms with Gasteiger partial charge in [-0.15, -0.1) is 0 Å². The molecule has 1 aliphatic heterocycles. The van der Waals surface area contributed by atoms with Crippen molar-refractivity contribution in [3.05, 3.63) is 69.7 Å². The molecule has 1 amide bonds. The highest BCUT2D eigenvalue weighted by Gasteiger charge is 2.49. The Kier molecular flexibility index (Phi) is 6.16. The van der Waals surface area contributed by atoms with Crippen molar-refractivity contribution in [3.63, 3.8) is 0 Å². The Hall–Kier alpha value is -2.26. The number of carbonyl (C=O) groups is 1. The molecule has 0 spiro atoms. The number of halogens is 7. The van der Waals surface area contributed by atoms with Crippen molar-refractivity contribution < 1.29 is 31.1 Å². The van der Waals surface area contributed by atoms with Crippen LogP contribution >= 0.6 is 11.6 Å². The summed E-state index contributed by atoms with van der Waals surface area (Å²) in [5.74, 6) is -0.556. The van der Waals surface area contributed by atoms with Crippen molar-refractivity contribution in [1.29, 1.82) is 0 Å². The highest BCUT2D eigenvalue weighted by atomic mass is 35.5. The van der Waals surface area contributed by atoms with Crippen LogP contribution < -0.4 is 10.6 Å². The van der Waals surface area contributed by atoms with E-state index in [2.05, 4.69) is 10.6 Å². The monoisotopic (exact) mass is 490 g/mol. The molecule has 33 heavy (non-hydrogen) atoms. The average Bonchev–Trinajstić information content (AvgIpc) is 3.04. The Labute approximate surface area is 191 Å². The van der Waals surface area contributed by atoms with Crippen LogP contribution in [0.15, 0.2) is 42.5 Å². The molecular formula is C23H21ClF6N2O. The lowest BCUT2D eigenvalue weighted by molar-refractivity contribution is -0.138. The fourth-order valence-electron chi connectivity index (χ4n) is 5.04. The second-order valence-corrected chi connectivity index (χ2v) is 9.07. The molecule has 3 unspecified atom stereocenters. The third-order valence-electron chi connectivity index (χ3n) is 6.56. The predicted octanol–water partition coefficient (Wildman–Crippen LogP) is 6.38. The van der Waals surface area contributed by atoms with Crippen molar-refractivity contribution >= 4 is 17.5 Å². The zero-order chi connectivity index (χ0) is 24.0. The van der Waals surface area contributed by atoms with Crippen molar-refractivity contribution in [2.45, 2.75) is 49.6 Å². The van der Waals surface area contributed by atoms with Gasteiger partial charge in [-0.05, 0) is 61.6 Å². The summed E-state index contributed by atoms with van der Waals surface area (Å²) in [5, 5.41) is 5.36. The van der Waals surface area contributed by atoms with Gasteiger partial charge in [0.05, 0.1) is 27.8 Å². The maximum atomic E-state index is 13.4. The molecule has 2 bridgehead atoms. The van der Waals surface area contributed by atoms with Crippen LogP contribution in [0.2, 0.25) is 5.02 Å². The molecule has 2 aromatic rings. The van der Waals surface area contributed by atoms with Crippen LogP contribution in [0.3, 0.4) is 0 Å². The quantitative estimate of drug-likeness (QED) is 0.488. The highest BCUT2D eigenvalue weighted by molar-refractivity contribution is 6.34. The van der Waals surface area contributed by atoms with Crippen LogP contribution in [0.5, 0.6) is 0 Å². The molecule has 0 aromatic heterocycles. The van der Waals surface area contributed by atoms with Gasteiger partial charge in [-0.1, -0.05) is 36.2 Å². The standard InChI is InChI=1S/C23H21ClF6N2O/c24-18-16(7-2-8-17(18)23(28,29)30)20(33)32-19(21-9-3-4-13(11-21)12-31-21)14-5-1-6-15(10-14)22(25,26)27/h1-2,5-8,10,13,19,31H,3-4,9,11-12H2,(H,32,33). The minimum atomic E-state index is -4.75. The van der Waals surface area contributed by atoms with Gasteiger partial charge >= 0.3 is 12.4 Å². The Balaban J connectivity index is 1.74. The van der Waals surface area contributed by atoms with E-state index in [-0.39, 0.29) is 11.1 Å². The zero-order valence-corrected chi connectivity index (χ0v) is 18.0. The molecule has 2 N–H and O–H groups in total. The lowest BCUT2D eigenvalue weighted by Gasteiger charge is -2.41. The maximum absolute atomic E-state index is 13.4.